The lowest BCUT2D eigenvalue weighted by Gasteiger charge is -2.34. The minimum absolute atomic E-state index is 0.0889. The molecule has 0 aromatic carbocycles. The fraction of sp³-hybridized carbons (Fsp3) is 1.00. The SMILES string of the molecule is CC(O)CNC(C)(C)C(C)CCCCN. The van der Waals surface area contributed by atoms with Crippen molar-refractivity contribution >= 4 is 0 Å². The Kier molecular flexibility index (Phi) is 7.14. The smallest absolute Gasteiger partial charge is 0.0636 e. The molecule has 0 bridgehead atoms. The minimum Gasteiger partial charge on any atom is -0.392 e. The molecule has 0 amide bonds. The van der Waals surface area contributed by atoms with Crippen LogP contribution in [0.15, 0.2) is 0 Å². The molecule has 0 heterocycles. The Balaban J connectivity index is 3.85. The van der Waals surface area contributed by atoms with Crippen LogP contribution in [-0.2, 0) is 0 Å². The monoisotopic (exact) mass is 216 g/mol. The Bertz CT molecular complexity index is 158. The van der Waals surface area contributed by atoms with Gasteiger partial charge in [0.2, 0.25) is 0 Å². The van der Waals surface area contributed by atoms with Gasteiger partial charge in [-0.15, -0.1) is 0 Å². The van der Waals surface area contributed by atoms with Crippen LogP contribution in [0.5, 0.6) is 0 Å². The van der Waals surface area contributed by atoms with Crippen LogP contribution in [0.1, 0.15) is 47.0 Å². The van der Waals surface area contributed by atoms with Gasteiger partial charge in [0.15, 0.2) is 0 Å². The van der Waals surface area contributed by atoms with E-state index in [1.807, 2.05) is 6.92 Å². The summed E-state index contributed by atoms with van der Waals surface area (Å²) in [4.78, 5) is 0. The van der Waals surface area contributed by atoms with Crippen LogP contribution in [0, 0.1) is 5.92 Å². The highest BCUT2D eigenvalue weighted by Gasteiger charge is 2.24. The van der Waals surface area contributed by atoms with E-state index in [1.165, 1.54) is 12.8 Å². The number of nitrogens with two attached hydrogens (primary N) is 1. The molecule has 0 aliphatic heterocycles. The van der Waals surface area contributed by atoms with Crippen LogP contribution in [0.2, 0.25) is 0 Å². The van der Waals surface area contributed by atoms with Crippen molar-refractivity contribution in [1.29, 1.82) is 0 Å². The first-order valence-electron chi connectivity index (χ1n) is 6.03. The molecule has 0 fully saturated rings. The predicted molar refractivity (Wildman–Crippen MR) is 65.8 cm³/mol. The second kappa shape index (κ2) is 7.20. The van der Waals surface area contributed by atoms with Gasteiger partial charge in [-0.25, -0.2) is 0 Å². The Morgan fingerprint density at radius 2 is 1.87 bits per heavy atom. The largest absolute Gasteiger partial charge is 0.392 e. The average Bonchev–Trinajstić information content (AvgIpc) is 2.15. The molecule has 2 atom stereocenters. The molecule has 4 N–H and O–H groups in total. The molecular formula is C12H28N2O. The van der Waals surface area contributed by atoms with Gasteiger partial charge >= 0.3 is 0 Å². The summed E-state index contributed by atoms with van der Waals surface area (Å²) in [6.45, 7) is 9.90. The minimum atomic E-state index is -0.277. The Morgan fingerprint density at radius 1 is 1.27 bits per heavy atom. The van der Waals surface area contributed by atoms with Crippen molar-refractivity contribution in [3.8, 4) is 0 Å². The molecule has 0 aromatic rings. The molecule has 15 heavy (non-hydrogen) atoms. The molecule has 0 aromatic heterocycles. The highest BCUT2D eigenvalue weighted by atomic mass is 16.3. The van der Waals surface area contributed by atoms with Crippen molar-refractivity contribution in [3.63, 3.8) is 0 Å². The van der Waals surface area contributed by atoms with Crippen molar-refractivity contribution < 1.29 is 5.11 Å². The molecule has 0 saturated heterocycles. The molecule has 2 unspecified atom stereocenters. The molecule has 3 nitrogen and oxygen atoms in total. The zero-order valence-electron chi connectivity index (χ0n) is 10.7. The summed E-state index contributed by atoms with van der Waals surface area (Å²) in [6, 6.07) is 0. The topological polar surface area (TPSA) is 58.3 Å². The fourth-order valence-electron chi connectivity index (χ4n) is 1.54. The van der Waals surface area contributed by atoms with E-state index in [2.05, 4.69) is 26.1 Å². The summed E-state index contributed by atoms with van der Waals surface area (Å²) in [5.74, 6) is 0.600. The summed E-state index contributed by atoms with van der Waals surface area (Å²) in [7, 11) is 0. The van der Waals surface area contributed by atoms with E-state index in [-0.39, 0.29) is 11.6 Å². The van der Waals surface area contributed by atoms with Crippen LogP contribution >= 0.6 is 0 Å². The summed E-state index contributed by atoms with van der Waals surface area (Å²) < 4.78 is 0. The molecular weight excluding hydrogens is 188 g/mol. The lowest BCUT2D eigenvalue weighted by Crippen LogP contribution is -2.47. The second-order valence-corrected chi connectivity index (χ2v) is 5.14. The number of β-amino-alcohol motifs (C(OH)–C–C–N with tert-alkyl or cyclic N) is 1. The third-order valence-corrected chi connectivity index (χ3v) is 3.18. The molecule has 0 radical (unpaired) electrons. The van der Waals surface area contributed by atoms with Gasteiger partial charge in [-0.05, 0) is 46.1 Å². The van der Waals surface area contributed by atoms with E-state index in [4.69, 9.17) is 5.73 Å². The average molecular weight is 216 g/mol. The molecule has 0 saturated carbocycles. The lowest BCUT2D eigenvalue weighted by molar-refractivity contribution is 0.159. The number of unbranched alkanes of at least 4 members (excludes halogenated alkanes) is 1. The molecule has 0 spiro atoms. The van der Waals surface area contributed by atoms with E-state index in [1.54, 1.807) is 0 Å². The summed E-state index contributed by atoms with van der Waals surface area (Å²) in [5.41, 5.74) is 5.56. The Hall–Kier alpha value is -0.120. The van der Waals surface area contributed by atoms with E-state index < -0.39 is 0 Å². The van der Waals surface area contributed by atoms with Crippen LogP contribution in [0.4, 0.5) is 0 Å². The highest BCUT2D eigenvalue weighted by Crippen LogP contribution is 2.21. The predicted octanol–water partition coefficient (Wildman–Crippen LogP) is 1.50. The van der Waals surface area contributed by atoms with Crippen molar-refractivity contribution in [1.82, 2.24) is 5.32 Å². The normalized spacial score (nSPS) is 16.4. The van der Waals surface area contributed by atoms with Gasteiger partial charge in [-0.2, -0.15) is 0 Å². The number of nitrogens with one attached hydrogen (secondary N) is 1. The number of hydrogen-bond acceptors (Lipinski definition) is 3. The quantitative estimate of drug-likeness (QED) is 0.539. The van der Waals surface area contributed by atoms with Gasteiger partial charge in [0.25, 0.3) is 0 Å². The van der Waals surface area contributed by atoms with Crippen LogP contribution in [-0.4, -0.2) is 29.8 Å². The zero-order valence-corrected chi connectivity index (χ0v) is 10.7. The first-order chi connectivity index (χ1) is 6.90. The summed E-state index contributed by atoms with van der Waals surface area (Å²) in [5, 5.41) is 12.6. The van der Waals surface area contributed by atoms with E-state index in [0.717, 1.165) is 13.0 Å². The fourth-order valence-corrected chi connectivity index (χ4v) is 1.54. The molecule has 0 aliphatic carbocycles. The van der Waals surface area contributed by atoms with Gasteiger partial charge in [-0.1, -0.05) is 13.3 Å². The second-order valence-electron chi connectivity index (χ2n) is 5.14. The maximum absolute atomic E-state index is 9.23. The number of aliphatic hydroxyl groups is 1. The Labute approximate surface area is 94.4 Å². The van der Waals surface area contributed by atoms with Gasteiger partial charge in [-0.3, -0.25) is 0 Å². The van der Waals surface area contributed by atoms with Crippen LogP contribution in [0.3, 0.4) is 0 Å². The highest BCUT2D eigenvalue weighted by molar-refractivity contribution is 4.83. The first kappa shape index (κ1) is 14.9. The Morgan fingerprint density at radius 3 is 2.33 bits per heavy atom. The van der Waals surface area contributed by atoms with Gasteiger partial charge in [0.05, 0.1) is 6.10 Å². The maximum Gasteiger partial charge on any atom is 0.0636 e. The van der Waals surface area contributed by atoms with E-state index in [9.17, 15) is 5.11 Å². The van der Waals surface area contributed by atoms with Gasteiger partial charge in [0, 0.05) is 12.1 Å². The van der Waals surface area contributed by atoms with Crippen molar-refractivity contribution in [3.05, 3.63) is 0 Å². The standard InChI is InChI=1S/C12H28N2O/c1-10(7-5-6-8-13)12(3,4)14-9-11(2)15/h10-11,14-15H,5-9,13H2,1-4H3. The van der Waals surface area contributed by atoms with Crippen molar-refractivity contribution in [2.75, 3.05) is 13.1 Å². The van der Waals surface area contributed by atoms with E-state index >= 15 is 0 Å². The molecule has 0 aliphatic rings. The molecule has 3 heteroatoms. The van der Waals surface area contributed by atoms with Crippen LogP contribution < -0.4 is 11.1 Å². The third kappa shape index (κ3) is 6.88. The lowest BCUT2D eigenvalue weighted by atomic mass is 9.85. The number of hydrogen-bond donors (Lipinski definition) is 3. The first-order valence-corrected chi connectivity index (χ1v) is 6.03. The summed E-state index contributed by atoms with van der Waals surface area (Å²) in [6.07, 6.45) is 3.21. The van der Waals surface area contributed by atoms with Gasteiger partial charge < -0.3 is 16.2 Å². The number of aliphatic hydroxyl groups excluding tert-OH is 1. The molecule has 92 valence electrons. The molecule has 0 rings (SSSR count). The van der Waals surface area contributed by atoms with Crippen LogP contribution in [0.25, 0.3) is 0 Å². The van der Waals surface area contributed by atoms with Crippen molar-refractivity contribution in [2.45, 2.75) is 58.6 Å². The maximum atomic E-state index is 9.23. The van der Waals surface area contributed by atoms with E-state index in [0.29, 0.717) is 12.5 Å². The third-order valence-electron chi connectivity index (χ3n) is 3.18. The summed E-state index contributed by atoms with van der Waals surface area (Å²) >= 11 is 0. The zero-order chi connectivity index (χ0) is 11.9. The van der Waals surface area contributed by atoms with Gasteiger partial charge in [0.1, 0.15) is 0 Å². The van der Waals surface area contributed by atoms with Crippen molar-refractivity contribution in [2.24, 2.45) is 11.7 Å². The number of rotatable bonds is 8.